The maximum Gasteiger partial charge on any atom is 0.133 e. The number of hydrogen-bond donors (Lipinski definition) is 0. The Balaban J connectivity index is 2.00. The van der Waals surface area contributed by atoms with Gasteiger partial charge in [-0.25, -0.2) is 0 Å². The molecule has 0 spiro atoms. The molecule has 2 heterocycles. The van der Waals surface area contributed by atoms with Gasteiger partial charge in [-0.3, -0.25) is 4.98 Å². The third-order valence-electron chi connectivity index (χ3n) is 4.31. The van der Waals surface area contributed by atoms with E-state index < -0.39 is 0 Å². The third-order valence-corrected chi connectivity index (χ3v) is 4.31. The lowest BCUT2D eigenvalue weighted by Crippen LogP contribution is -2.05. The predicted octanol–water partition coefficient (Wildman–Crippen LogP) is 4.42. The van der Waals surface area contributed by atoms with Gasteiger partial charge >= 0.3 is 0 Å². The number of fused-ring (bicyclic) bond motifs is 3. The van der Waals surface area contributed by atoms with Gasteiger partial charge in [-0.15, -0.1) is 0 Å². The Morgan fingerprint density at radius 3 is 2.89 bits per heavy atom. The van der Waals surface area contributed by atoms with Crippen molar-refractivity contribution in [2.75, 3.05) is 0 Å². The molecule has 4 rings (SSSR count). The van der Waals surface area contributed by atoms with Crippen LogP contribution in [-0.4, -0.2) is 10.1 Å². The van der Waals surface area contributed by atoms with E-state index in [0.29, 0.717) is 5.92 Å². The van der Waals surface area contributed by atoms with E-state index in [4.69, 9.17) is 4.52 Å². The van der Waals surface area contributed by atoms with Crippen LogP contribution in [-0.2, 0) is 0 Å². The van der Waals surface area contributed by atoms with Crippen molar-refractivity contribution >= 4 is 21.8 Å². The Kier molecular flexibility index (Phi) is 2.50. The molecule has 0 amide bonds. The van der Waals surface area contributed by atoms with Crippen LogP contribution in [0.5, 0.6) is 0 Å². The summed E-state index contributed by atoms with van der Waals surface area (Å²) in [5.41, 5.74) is 3.37. The number of benzene rings is 1. The van der Waals surface area contributed by atoms with Crippen LogP contribution in [0.2, 0.25) is 0 Å². The second-order valence-corrected chi connectivity index (χ2v) is 5.45. The molecule has 1 aromatic carbocycles. The molecule has 3 heteroatoms. The summed E-state index contributed by atoms with van der Waals surface area (Å²) in [4.78, 5) is 4.54. The van der Waals surface area contributed by atoms with Gasteiger partial charge in [0.15, 0.2) is 0 Å². The monoisotopic (exact) mass is 252 g/mol. The molecule has 0 N–H and O–H groups in total. The average molecular weight is 252 g/mol. The molecule has 3 nitrogen and oxygen atoms in total. The second-order valence-electron chi connectivity index (χ2n) is 5.45. The minimum Gasteiger partial charge on any atom is -0.363 e. The van der Waals surface area contributed by atoms with E-state index in [1.165, 1.54) is 43.1 Å². The molecule has 1 aliphatic rings. The van der Waals surface area contributed by atoms with Gasteiger partial charge < -0.3 is 4.52 Å². The van der Waals surface area contributed by atoms with Gasteiger partial charge in [0.2, 0.25) is 0 Å². The summed E-state index contributed by atoms with van der Waals surface area (Å²) in [6.07, 6.45) is 10.2. The van der Waals surface area contributed by atoms with Crippen molar-refractivity contribution in [3.63, 3.8) is 0 Å². The SMILES string of the molecule is c1cnc2c(c1)c(C1CCCCC1)cc1nocc12. The van der Waals surface area contributed by atoms with Crippen molar-refractivity contribution in [3.05, 3.63) is 36.2 Å². The van der Waals surface area contributed by atoms with E-state index in [1.54, 1.807) is 6.26 Å². The van der Waals surface area contributed by atoms with Crippen molar-refractivity contribution in [2.24, 2.45) is 0 Å². The van der Waals surface area contributed by atoms with Gasteiger partial charge in [0.05, 0.1) is 10.9 Å². The summed E-state index contributed by atoms with van der Waals surface area (Å²) in [5.74, 6) is 0.654. The minimum atomic E-state index is 0.654. The highest BCUT2D eigenvalue weighted by Crippen LogP contribution is 2.38. The van der Waals surface area contributed by atoms with E-state index in [9.17, 15) is 0 Å². The zero-order valence-electron chi connectivity index (χ0n) is 10.8. The third kappa shape index (κ3) is 1.72. The van der Waals surface area contributed by atoms with Gasteiger partial charge in [0.25, 0.3) is 0 Å². The molecule has 0 radical (unpaired) electrons. The first-order chi connectivity index (χ1) is 9.43. The van der Waals surface area contributed by atoms with Crippen LogP contribution in [0.15, 0.2) is 35.2 Å². The first-order valence-corrected chi connectivity index (χ1v) is 7.05. The summed E-state index contributed by atoms with van der Waals surface area (Å²) in [6, 6.07) is 6.41. The molecule has 0 unspecified atom stereocenters. The fourth-order valence-corrected chi connectivity index (χ4v) is 3.36. The lowest BCUT2D eigenvalue weighted by Gasteiger charge is -2.23. The van der Waals surface area contributed by atoms with Crippen molar-refractivity contribution in [1.29, 1.82) is 0 Å². The van der Waals surface area contributed by atoms with Crippen LogP contribution in [0.1, 0.15) is 43.6 Å². The second kappa shape index (κ2) is 4.34. The lowest BCUT2D eigenvalue weighted by atomic mass is 9.82. The molecule has 0 atom stereocenters. The van der Waals surface area contributed by atoms with Crippen molar-refractivity contribution < 1.29 is 4.52 Å². The molecule has 1 aliphatic carbocycles. The first kappa shape index (κ1) is 11.0. The first-order valence-electron chi connectivity index (χ1n) is 7.05. The highest BCUT2D eigenvalue weighted by molar-refractivity contribution is 6.05. The quantitative estimate of drug-likeness (QED) is 0.643. The average Bonchev–Trinajstić information content (AvgIpc) is 2.96. The highest BCUT2D eigenvalue weighted by Gasteiger charge is 2.20. The Bertz CT molecular complexity index is 726. The Morgan fingerprint density at radius 2 is 2.00 bits per heavy atom. The number of nitrogens with zero attached hydrogens (tertiary/aromatic N) is 2. The molecular formula is C16H16N2O. The van der Waals surface area contributed by atoms with Crippen molar-refractivity contribution in [2.45, 2.75) is 38.0 Å². The highest BCUT2D eigenvalue weighted by atomic mass is 16.5. The van der Waals surface area contributed by atoms with Crippen LogP contribution < -0.4 is 0 Å². The van der Waals surface area contributed by atoms with E-state index in [2.05, 4.69) is 22.3 Å². The Hall–Kier alpha value is -1.90. The van der Waals surface area contributed by atoms with E-state index in [0.717, 1.165) is 16.4 Å². The molecule has 1 saturated carbocycles. The van der Waals surface area contributed by atoms with E-state index in [-0.39, 0.29) is 0 Å². The van der Waals surface area contributed by atoms with Crippen molar-refractivity contribution in [3.8, 4) is 0 Å². The van der Waals surface area contributed by atoms with Crippen LogP contribution in [0.25, 0.3) is 21.8 Å². The van der Waals surface area contributed by atoms with Crippen LogP contribution in [0.4, 0.5) is 0 Å². The topological polar surface area (TPSA) is 38.9 Å². The van der Waals surface area contributed by atoms with Crippen LogP contribution in [0, 0.1) is 0 Å². The van der Waals surface area contributed by atoms with Crippen molar-refractivity contribution in [1.82, 2.24) is 10.1 Å². The van der Waals surface area contributed by atoms with Gasteiger partial charge in [-0.05, 0) is 36.5 Å². The molecule has 96 valence electrons. The normalized spacial score (nSPS) is 17.3. The van der Waals surface area contributed by atoms with Gasteiger partial charge in [0.1, 0.15) is 11.8 Å². The van der Waals surface area contributed by atoms with E-state index in [1.807, 2.05) is 12.3 Å². The van der Waals surface area contributed by atoms with E-state index >= 15 is 0 Å². The number of pyridine rings is 1. The summed E-state index contributed by atoms with van der Waals surface area (Å²) in [5, 5.41) is 6.40. The summed E-state index contributed by atoms with van der Waals surface area (Å²) in [7, 11) is 0. The van der Waals surface area contributed by atoms with Gasteiger partial charge in [-0.2, -0.15) is 0 Å². The van der Waals surface area contributed by atoms with Crippen LogP contribution in [0.3, 0.4) is 0 Å². The Labute approximate surface area is 111 Å². The Morgan fingerprint density at radius 1 is 1.11 bits per heavy atom. The molecule has 1 fully saturated rings. The molecule has 0 aliphatic heterocycles. The minimum absolute atomic E-state index is 0.654. The zero-order chi connectivity index (χ0) is 12.7. The summed E-state index contributed by atoms with van der Waals surface area (Å²) < 4.78 is 5.13. The predicted molar refractivity (Wildman–Crippen MR) is 75.1 cm³/mol. The number of hydrogen-bond acceptors (Lipinski definition) is 3. The fraction of sp³-hybridized carbons (Fsp3) is 0.375. The zero-order valence-corrected chi connectivity index (χ0v) is 10.8. The number of aromatic nitrogens is 2. The largest absolute Gasteiger partial charge is 0.363 e. The standard InChI is InChI=1S/C16H16N2O/c1-2-5-11(6-3-1)13-9-15-14(10-19-18-15)16-12(13)7-4-8-17-16/h4,7-11H,1-3,5-6H2. The summed E-state index contributed by atoms with van der Waals surface area (Å²) >= 11 is 0. The summed E-state index contributed by atoms with van der Waals surface area (Å²) in [6.45, 7) is 0. The number of rotatable bonds is 1. The fourth-order valence-electron chi connectivity index (χ4n) is 3.36. The molecular weight excluding hydrogens is 236 g/mol. The molecule has 3 aromatic rings. The smallest absolute Gasteiger partial charge is 0.133 e. The molecule has 19 heavy (non-hydrogen) atoms. The lowest BCUT2D eigenvalue weighted by molar-refractivity contribution is 0.427. The molecule has 2 aromatic heterocycles. The van der Waals surface area contributed by atoms with Crippen LogP contribution >= 0.6 is 0 Å². The molecule has 0 bridgehead atoms. The van der Waals surface area contributed by atoms with Gasteiger partial charge in [-0.1, -0.05) is 30.5 Å². The maximum absolute atomic E-state index is 5.13. The van der Waals surface area contributed by atoms with Gasteiger partial charge in [0, 0.05) is 11.6 Å². The maximum atomic E-state index is 5.13. The molecule has 0 saturated heterocycles.